The lowest BCUT2D eigenvalue weighted by atomic mass is 10.2. The molecule has 0 fully saturated rings. The van der Waals surface area contributed by atoms with E-state index in [1.54, 1.807) is 54.1 Å². The summed E-state index contributed by atoms with van der Waals surface area (Å²) >= 11 is 5.93. The molecule has 190 valence electrons. The van der Waals surface area contributed by atoms with Crippen LogP contribution in [0.4, 0.5) is 0 Å². The Kier molecular flexibility index (Phi) is 7.98. The summed E-state index contributed by atoms with van der Waals surface area (Å²) in [5, 5.41) is 0.830. The van der Waals surface area contributed by atoms with E-state index in [4.69, 9.17) is 21.3 Å². The molecule has 1 aromatic carbocycles. The maximum absolute atomic E-state index is 13.5. The van der Waals surface area contributed by atoms with Gasteiger partial charge in [-0.2, -0.15) is 4.99 Å². The second-order valence-corrected chi connectivity index (χ2v) is 8.92. The van der Waals surface area contributed by atoms with Crippen molar-refractivity contribution in [2.75, 3.05) is 6.61 Å². The molecule has 0 aliphatic rings. The Bertz CT molecular complexity index is 1650. The van der Waals surface area contributed by atoms with Crippen molar-refractivity contribution in [2.24, 2.45) is 4.99 Å². The average Bonchev–Trinajstić information content (AvgIpc) is 2.88. The second-order valence-electron chi connectivity index (χ2n) is 8.48. The SMILES string of the molecule is CCCCn1c(=NC(=O)C=Cc2ccc(Cl)cc2)c(C(=O)OCC)cc2c(=O)n3cccc(C)c3nc21. The Morgan fingerprint density at radius 2 is 1.89 bits per heavy atom. The van der Waals surface area contributed by atoms with E-state index in [2.05, 4.69) is 4.99 Å². The second kappa shape index (κ2) is 11.3. The molecule has 3 aromatic heterocycles. The van der Waals surface area contributed by atoms with Crippen molar-refractivity contribution < 1.29 is 14.3 Å². The molecule has 37 heavy (non-hydrogen) atoms. The summed E-state index contributed by atoms with van der Waals surface area (Å²) in [4.78, 5) is 48.5. The fraction of sp³-hybridized carbons (Fsp3) is 0.250. The topological polar surface area (TPSA) is 95.0 Å². The number of nitrogens with zero attached hydrogens (tertiary/aromatic N) is 4. The van der Waals surface area contributed by atoms with Crippen LogP contribution in [0.25, 0.3) is 22.8 Å². The van der Waals surface area contributed by atoms with E-state index < -0.39 is 11.9 Å². The first-order valence-electron chi connectivity index (χ1n) is 12.1. The summed E-state index contributed by atoms with van der Waals surface area (Å²) in [5.41, 5.74) is 2.26. The molecule has 0 unspecified atom stereocenters. The molecule has 0 aliphatic carbocycles. The van der Waals surface area contributed by atoms with E-state index in [1.807, 2.05) is 19.9 Å². The molecular weight excluding hydrogens is 492 g/mol. The summed E-state index contributed by atoms with van der Waals surface area (Å²) in [5.74, 6) is -1.24. The number of halogens is 1. The number of fused-ring (bicyclic) bond motifs is 2. The van der Waals surface area contributed by atoms with Crippen molar-refractivity contribution in [3.8, 4) is 0 Å². The molecule has 0 spiro atoms. The van der Waals surface area contributed by atoms with Gasteiger partial charge in [-0.05, 0) is 61.7 Å². The average molecular weight is 519 g/mol. The molecular formula is C28H27ClN4O4. The number of carbonyl (C=O) groups excluding carboxylic acids is 2. The Hall–Kier alpha value is -4.04. The molecule has 0 radical (unpaired) electrons. The molecule has 0 N–H and O–H groups in total. The maximum Gasteiger partial charge on any atom is 0.341 e. The fourth-order valence-corrected chi connectivity index (χ4v) is 4.10. The van der Waals surface area contributed by atoms with E-state index in [9.17, 15) is 14.4 Å². The Morgan fingerprint density at radius 1 is 1.14 bits per heavy atom. The number of rotatable bonds is 7. The van der Waals surface area contributed by atoms with Gasteiger partial charge in [-0.3, -0.25) is 14.0 Å². The summed E-state index contributed by atoms with van der Waals surface area (Å²) in [7, 11) is 0. The third kappa shape index (κ3) is 5.54. The summed E-state index contributed by atoms with van der Waals surface area (Å²) < 4.78 is 8.39. The third-order valence-electron chi connectivity index (χ3n) is 5.84. The number of esters is 1. The maximum atomic E-state index is 13.5. The Labute approximate surface area is 218 Å². The van der Waals surface area contributed by atoms with Gasteiger partial charge >= 0.3 is 5.97 Å². The molecule has 8 nitrogen and oxygen atoms in total. The van der Waals surface area contributed by atoms with Gasteiger partial charge in [-0.1, -0.05) is 43.1 Å². The molecule has 3 heterocycles. The number of carbonyl (C=O) groups is 2. The lowest BCUT2D eigenvalue weighted by Gasteiger charge is -2.15. The van der Waals surface area contributed by atoms with E-state index in [1.165, 1.54) is 16.5 Å². The number of pyridine rings is 2. The zero-order chi connectivity index (χ0) is 26.5. The van der Waals surface area contributed by atoms with Crippen molar-refractivity contribution >= 4 is 46.2 Å². The van der Waals surface area contributed by atoms with Gasteiger partial charge in [-0.25, -0.2) is 9.78 Å². The molecule has 1 amide bonds. The monoisotopic (exact) mass is 518 g/mol. The van der Waals surface area contributed by atoms with Crippen LogP contribution in [0.2, 0.25) is 5.02 Å². The molecule has 0 bridgehead atoms. The summed E-state index contributed by atoms with van der Waals surface area (Å²) in [6.07, 6.45) is 6.14. The van der Waals surface area contributed by atoms with Crippen LogP contribution < -0.4 is 11.0 Å². The lowest BCUT2D eigenvalue weighted by molar-refractivity contribution is -0.113. The van der Waals surface area contributed by atoms with Crippen molar-refractivity contribution in [1.29, 1.82) is 0 Å². The van der Waals surface area contributed by atoms with Crippen LogP contribution in [-0.4, -0.2) is 32.4 Å². The zero-order valence-corrected chi connectivity index (χ0v) is 21.7. The van der Waals surface area contributed by atoms with Gasteiger partial charge in [0.2, 0.25) is 0 Å². The number of hydrogen-bond donors (Lipinski definition) is 0. The Morgan fingerprint density at radius 3 is 2.59 bits per heavy atom. The molecule has 4 aromatic rings. The van der Waals surface area contributed by atoms with E-state index in [0.717, 1.165) is 24.0 Å². The number of aryl methyl sites for hydroxylation is 2. The predicted octanol–water partition coefficient (Wildman–Crippen LogP) is 4.73. The Balaban J connectivity index is 2.01. The normalized spacial score (nSPS) is 12.1. The van der Waals surface area contributed by atoms with Gasteiger partial charge in [-0.15, -0.1) is 0 Å². The quantitative estimate of drug-likeness (QED) is 0.200. The van der Waals surface area contributed by atoms with E-state index in [-0.39, 0.29) is 28.6 Å². The van der Waals surface area contributed by atoms with Crippen LogP contribution in [0.1, 0.15) is 48.2 Å². The first-order chi connectivity index (χ1) is 17.8. The molecule has 0 atom stereocenters. The minimum atomic E-state index is -0.670. The van der Waals surface area contributed by atoms with E-state index >= 15 is 0 Å². The highest BCUT2D eigenvalue weighted by atomic mass is 35.5. The highest BCUT2D eigenvalue weighted by Gasteiger charge is 2.20. The molecule has 0 saturated carbocycles. The highest BCUT2D eigenvalue weighted by Crippen LogP contribution is 2.15. The lowest BCUT2D eigenvalue weighted by Crippen LogP contribution is -2.32. The van der Waals surface area contributed by atoms with Gasteiger partial charge in [0, 0.05) is 23.8 Å². The number of unbranched alkanes of at least 4 members (excludes halogenated alkanes) is 1. The van der Waals surface area contributed by atoms with Crippen molar-refractivity contribution in [2.45, 2.75) is 40.2 Å². The van der Waals surface area contributed by atoms with Crippen LogP contribution in [0.3, 0.4) is 0 Å². The molecule has 0 saturated heterocycles. The van der Waals surface area contributed by atoms with Crippen molar-refractivity contribution in [3.63, 3.8) is 0 Å². The number of amides is 1. The van der Waals surface area contributed by atoms with Crippen LogP contribution in [0.5, 0.6) is 0 Å². The first-order valence-corrected chi connectivity index (χ1v) is 12.5. The number of benzene rings is 1. The summed E-state index contributed by atoms with van der Waals surface area (Å²) in [6, 6.07) is 12.1. The van der Waals surface area contributed by atoms with Crippen molar-refractivity contribution in [1.82, 2.24) is 14.0 Å². The van der Waals surface area contributed by atoms with Gasteiger partial charge in [0.1, 0.15) is 16.9 Å². The van der Waals surface area contributed by atoms with Gasteiger partial charge in [0.25, 0.3) is 11.5 Å². The number of aromatic nitrogens is 3. The minimum Gasteiger partial charge on any atom is -0.462 e. The van der Waals surface area contributed by atoms with Crippen LogP contribution in [0.15, 0.2) is 64.5 Å². The largest absolute Gasteiger partial charge is 0.462 e. The smallest absolute Gasteiger partial charge is 0.341 e. The predicted molar refractivity (Wildman–Crippen MR) is 144 cm³/mol. The molecule has 9 heteroatoms. The van der Waals surface area contributed by atoms with Crippen LogP contribution >= 0.6 is 11.6 Å². The first kappa shape index (κ1) is 26.0. The van der Waals surface area contributed by atoms with Gasteiger partial charge in [0.15, 0.2) is 5.49 Å². The van der Waals surface area contributed by atoms with Crippen LogP contribution in [-0.2, 0) is 16.1 Å². The fourth-order valence-electron chi connectivity index (χ4n) is 3.98. The highest BCUT2D eigenvalue weighted by molar-refractivity contribution is 6.30. The molecule has 4 rings (SSSR count). The zero-order valence-electron chi connectivity index (χ0n) is 20.9. The third-order valence-corrected chi connectivity index (χ3v) is 6.09. The van der Waals surface area contributed by atoms with Crippen LogP contribution in [0, 0.1) is 6.92 Å². The van der Waals surface area contributed by atoms with Gasteiger partial charge in [0.05, 0.1) is 12.0 Å². The number of hydrogen-bond acceptors (Lipinski definition) is 5. The molecule has 0 aliphatic heterocycles. The summed E-state index contributed by atoms with van der Waals surface area (Å²) in [6.45, 7) is 6.11. The van der Waals surface area contributed by atoms with Gasteiger partial charge < -0.3 is 9.30 Å². The minimum absolute atomic E-state index is 0.0326. The number of ether oxygens (including phenoxy) is 1. The van der Waals surface area contributed by atoms with E-state index in [0.29, 0.717) is 22.9 Å². The van der Waals surface area contributed by atoms with Crippen molar-refractivity contribution in [3.05, 3.63) is 92.3 Å². The standard InChI is InChI=1S/C28H27ClN4O4/c1-4-6-15-32-25-21(27(35)33-16-7-8-18(3)24(33)31-25)17-22(28(36)37-5-2)26(32)30-23(34)14-11-19-9-12-20(29)13-10-19/h7-14,16-17H,4-6,15H2,1-3H3.